The number of halogens is 2. The maximum Gasteiger partial charge on any atom is 0.159 e. The first kappa shape index (κ1) is 13.7. The Hall–Kier alpha value is -1.75. The van der Waals surface area contributed by atoms with Gasteiger partial charge in [0.1, 0.15) is 5.82 Å². The Morgan fingerprint density at radius 1 is 1.32 bits per heavy atom. The van der Waals surface area contributed by atoms with E-state index in [0.29, 0.717) is 12.1 Å². The van der Waals surface area contributed by atoms with Crippen molar-refractivity contribution < 1.29 is 8.78 Å². The third-order valence-electron chi connectivity index (χ3n) is 3.04. The number of rotatable bonds is 5. The van der Waals surface area contributed by atoms with Gasteiger partial charge in [-0.25, -0.2) is 13.8 Å². The molecule has 0 spiro atoms. The van der Waals surface area contributed by atoms with Crippen LogP contribution in [0, 0.1) is 11.6 Å². The first-order chi connectivity index (χ1) is 9.11. The van der Waals surface area contributed by atoms with Crippen LogP contribution in [0.2, 0.25) is 0 Å². The van der Waals surface area contributed by atoms with Crippen LogP contribution < -0.4 is 5.73 Å². The molecule has 0 saturated carbocycles. The third-order valence-corrected chi connectivity index (χ3v) is 3.04. The Morgan fingerprint density at radius 2 is 2.11 bits per heavy atom. The van der Waals surface area contributed by atoms with E-state index < -0.39 is 11.6 Å². The van der Waals surface area contributed by atoms with Crippen LogP contribution in [-0.4, -0.2) is 9.55 Å². The van der Waals surface area contributed by atoms with Crippen LogP contribution >= 0.6 is 0 Å². The highest BCUT2D eigenvalue weighted by Gasteiger charge is 2.12. The lowest BCUT2D eigenvalue weighted by atomic mass is 10.1. The molecule has 0 aliphatic carbocycles. The van der Waals surface area contributed by atoms with Gasteiger partial charge in [0.2, 0.25) is 0 Å². The molecule has 0 aliphatic rings. The molecule has 0 fully saturated rings. The van der Waals surface area contributed by atoms with Crippen LogP contribution in [0.5, 0.6) is 0 Å². The zero-order valence-electron chi connectivity index (χ0n) is 10.8. The lowest BCUT2D eigenvalue weighted by molar-refractivity contribution is 0.499. The first-order valence-electron chi connectivity index (χ1n) is 6.32. The van der Waals surface area contributed by atoms with Crippen molar-refractivity contribution in [3.8, 4) is 0 Å². The zero-order chi connectivity index (χ0) is 13.8. The predicted octanol–water partition coefficient (Wildman–Crippen LogP) is 2.81. The number of nitrogens with zero attached hydrogens (tertiary/aromatic N) is 2. The van der Waals surface area contributed by atoms with Gasteiger partial charge in [-0.05, 0) is 24.1 Å². The van der Waals surface area contributed by atoms with E-state index in [9.17, 15) is 8.78 Å². The summed E-state index contributed by atoms with van der Waals surface area (Å²) < 4.78 is 28.0. The topological polar surface area (TPSA) is 43.8 Å². The number of aryl methyl sites for hydroxylation is 1. The molecule has 0 saturated heterocycles. The second kappa shape index (κ2) is 5.93. The van der Waals surface area contributed by atoms with E-state index in [2.05, 4.69) is 11.9 Å². The van der Waals surface area contributed by atoms with E-state index in [4.69, 9.17) is 5.73 Å². The number of hydrogen-bond acceptors (Lipinski definition) is 2. The Balaban J connectivity index is 2.13. The van der Waals surface area contributed by atoms with Gasteiger partial charge in [0.05, 0.1) is 0 Å². The summed E-state index contributed by atoms with van der Waals surface area (Å²) in [5.74, 6) is -0.766. The minimum absolute atomic E-state index is 0.389. The molecule has 2 rings (SSSR count). The van der Waals surface area contributed by atoms with Crippen LogP contribution in [0.25, 0.3) is 0 Å². The predicted molar refractivity (Wildman–Crippen MR) is 69.5 cm³/mol. The van der Waals surface area contributed by atoms with Crippen molar-refractivity contribution in [1.29, 1.82) is 0 Å². The summed E-state index contributed by atoms with van der Waals surface area (Å²) in [6, 6.07) is 3.38. The van der Waals surface area contributed by atoms with E-state index in [-0.39, 0.29) is 6.04 Å². The van der Waals surface area contributed by atoms with Gasteiger partial charge in [-0.2, -0.15) is 0 Å². The largest absolute Gasteiger partial charge is 0.333 e. The highest BCUT2D eigenvalue weighted by molar-refractivity contribution is 5.21. The van der Waals surface area contributed by atoms with Gasteiger partial charge >= 0.3 is 0 Å². The molecule has 1 aromatic heterocycles. The highest BCUT2D eigenvalue weighted by Crippen LogP contribution is 2.17. The molecule has 3 nitrogen and oxygen atoms in total. The standard InChI is InChI=1S/C14H17F2N3/c1-2-3-14-18-6-7-19(14)9-13(17)10-4-5-11(15)12(16)8-10/h4-8,13H,2-3,9,17H2,1H3. The smallest absolute Gasteiger partial charge is 0.159 e. The van der Waals surface area contributed by atoms with Gasteiger partial charge in [-0.1, -0.05) is 13.0 Å². The average molecular weight is 265 g/mol. The monoisotopic (exact) mass is 265 g/mol. The van der Waals surface area contributed by atoms with E-state index >= 15 is 0 Å². The molecule has 0 bridgehead atoms. The van der Waals surface area contributed by atoms with Crippen LogP contribution in [0.15, 0.2) is 30.6 Å². The van der Waals surface area contributed by atoms with Crippen LogP contribution in [0.1, 0.15) is 30.8 Å². The summed E-state index contributed by atoms with van der Waals surface area (Å²) in [5.41, 5.74) is 6.61. The van der Waals surface area contributed by atoms with Crippen molar-refractivity contribution in [1.82, 2.24) is 9.55 Å². The summed E-state index contributed by atoms with van der Waals surface area (Å²) in [7, 11) is 0. The second-order valence-corrected chi connectivity index (χ2v) is 4.53. The lowest BCUT2D eigenvalue weighted by Crippen LogP contribution is -2.19. The molecule has 2 N–H and O–H groups in total. The molecule has 1 heterocycles. The molecule has 5 heteroatoms. The minimum Gasteiger partial charge on any atom is -0.333 e. The summed E-state index contributed by atoms with van der Waals surface area (Å²) in [5, 5.41) is 0. The summed E-state index contributed by atoms with van der Waals surface area (Å²) >= 11 is 0. The quantitative estimate of drug-likeness (QED) is 0.903. The van der Waals surface area contributed by atoms with Gasteiger partial charge in [0.25, 0.3) is 0 Å². The Morgan fingerprint density at radius 3 is 2.79 bits per heavy atom. The molecular weight excluding hydrogens is 248 g/mol. The first-order valence-corrected chi connectivity index (χ1v) is 6.32. The van der Waals surface area contributed by atoms with Crippen molar-refractivity contribution >= 4 is 0 Å². The molecule has 0 radical (unpaired) electrons. The maximum absolute atomic E-state index is 13.2. The molecule has 1 aromatic carbocycles. The fourth-order valence-electron chi connectivity index (χ4n) is 2.02. The Kier molecular flexibility index (Phi) is 4.27. The number of aromatic nitrogens is 2. The van der Waals surface area contributed by atoms with Gasteiger partial charge in [0, 0.05) is 31.4 Å². The van der Waals surface area contributed by atoms with Gasteiger partial charge in [-0.3, -0.25) is 0 Å². The highest BCUT2D eigenvalue weighted by atomic mass is 19.2. The molecule has 2 aromatic rings. The number of nitrogens with two attached hydrogens (primary N) is 1. The molecule has 0 amide bonds. The molecule has 1 atom stereocenters. The zero-order valence-corrected chi connectivity index (χ0v) is 10.8. The van der Waals surface area contributed by atoms with Crippen molar-refractivity contribution in [3.05, 3.63) is 53.6 Å². The van der Waals surface area contributed by atoms with Crippen molar-refractivity contribution in [2.45, 2.75) is 32.4 Å². The van der Waals surface area contributed by atoms with Crippen LogP contribution in [0.4, 0.5) is 8.78 Å². The molecular formula is C14H17F2N3. The fourth-order valence-corrected chi connectivity index (χ4v) is 2.02. The molecule has 102 valence electrons. The fraction of sp³-hybridized carbons (Fsp3) is 0.357. The Labute approximate surface area is 111 Å². The molecule has 1 unspecified atom stereocenters. The van der Waals surface area contributed by atoms with E-state index in [0.717, 1.165) is 30.8 Å². The van der Waals surface area contributed by atoms with E-state index in [1.807, 2.05) is 10.8 Å². The van der Waals surface area contributed by atoms with Gasteiger partial charge in [-0.15, -0.1) is 0 Å². The maximum atomic E-state index is 13.2. The SMILES string of the molecule is CCCc1nccn1CC(N)c1ccc(F)c(F)c1. The second-order valence-electron chi connectivity index (χ2n) is 4.53. The number of benzene rings is 1. The molecule has 0 aliphatic heterocycles. The third kappa shape index (κ3) is 3.17. The van der Waals surface area contributed by atoms with Crippen molar-refractivity contribution in [3.63, 3.8) is 0 Å². The summed E-state index contributed by atoms with van der Waals surface area (Å²) in [4.78, 5) is 4.26. The lowest BCUT2D eigenvalue weighted by Gasteiger charge is -2.15. The van der Waals surface area contributed by atoms with E-state index in [1.54, 1.807) is 6.20 Å². The minimum atomic E-state index is -0.868. The number of hydrogen-bond donors (Lipinski definition) is 1. The van der Waals surface area contributed by atoms with Crippen molar-refractivity contribution in [2.24, 2.45) is 5.73 Å². The molecule has 19 heavy (non-hydrogen) atoms. The summed E-state index contributed by atoms with van der Waals surface area (Å²) in [6.45, 7) is 2.58. The van der Waals surface area contributed by atoms with Crippen LogP contribution in [0.3, 0.4) is 0 Å². The van der Waals surface area contributed by atoms with E-state index in [1.165, 1.54) is 6.07 Å². The van der Waals surface area contributed by atoms with Gasteiger partial charge < -0.3 is 10.3 Å². The summed E-state index contributed by atoms with van der Waals surface area (Å²) in [6.07, 6.45) is 5.45. The van der Waals surface area contributed by atoms with Crippen molar-refractivity contribution in [2.75, 3.05) is 0 Å². The number of imidazole rings is 1. The van der Waals surface area contributed by atoms with Crippen LogP contribution in [-0.2, 0) is 13.0 Å². The Bertz CT molecular complexity index is 551. The average Bonchev–Trinajstić information content (AvgIpc) is 2.80. The normalized spacial score (nSPS) is 12.6. The van der Waals surface area contributed by atoms with Gasteiger partial charge in [0.15, 0.2) is 11.6 Å².